The van der Waals surface area contributed by atoms with Crippen molar-refractivity contribution in [1.82, 2.24) is 5.32 Å². The monoisotopic (exact) mass is 339 g/mol. The molecule has 1 heterocycles. The summed E-state index contributed by atoms with van der Waals surface area (Å²) >= 11 is 0. The van der Waals surface area contributed by atoms with E-state index in [2.05, 4.69) is 26.1 Å². The van der Waals surface area contributed by atoms with Crippen molar-refractivity contribution < 1.29 is 13.2 Å². The second-order valence-electron chi connectivity index (χ2n) is 6.95. The van der Waals surface area contributed by atoms with Gasteiger partial charge in [0, 0.05) is 25.4 Å². The van der Waals surface area contributed by atoms with Gasteiger partial charge in [-0.15, -0.1) is 0 Å². The highest BCUT2D eigenvalue weighted by atomic mass is 32.2. The SMILES string of the molecule is CC(C)[C@H]1OCCC[C@@H]1CN[C@@H](C)c1ccc(S(C)(=O)=O)cc1. The summed E-state index contributed by atoms with van der Waals surface area (Å²) in [5.74, 6) is 1.08. The van der Waals surface area contributed by atoms with Gasteiger partial charge in [-0.05, 0) is 49.3 Å². The summed E-state index contributed by atoms with van der Waals surface area (Å²) in [4.78, 5) is 0.369. The van der Waals surface area contributed by atoms with Crippen LogP contribution < -0.4 is 5.32 Å². The van der Waals surface area contributed by atoms with Crippen molar-refractivity contribution in [2.24, 2.45) is 11.8 Å². The topological polar surface area (TPSA) is 55.4 Å². The molecule has 0 unspecified atom stereocenters. The highest BCUT2D eigenvalue weighted by molar-refractivity contribution is 7.90. The van der Waals surface area contributed by atoms with Gasteiger partial charge in [-0.3, -0.25) is 0 Å². The molecule has 3 atom stereocenters. The summed E-state index contributed by atoms with van der Waals surface area (Å²) in [5.41, 5.74) is 1.11. The molecule has 2 rings (SSSR count). The molecule has 4 nitrogen and oxygen atoms in total. The lowest BCUT2D eigenvalue weighted by atomic mass is 9.87. The van der Waals surface area contributed by atoms with Gasteiger partial charge in [-0.25, -0.2) is 8.42 Å². The van der Waals surface area contributed by atoms with Gasteiger partial charge in [0.1, 0.15) is 0 Å². The van der Waals surface area contributed by atoms with Gasteiger partial charge in [-0.2, -0.15) is 0 Å². The quantitative estimate of drug-likeness (QED) is 0.865. The maximum absolute atomic E-state index is 11.5. The highest BCUT2D eigenvalue weighted by Crippen LogP contribution is 2.26. The molecular formula is C18H29NO3S. The van der Waals surface area contributed by atoms with E-state index in [1.807, 2.05) is 12.1 Å². The maximum Gasteiger partial charge on any atom is 0.175 e. The number of nitrogens with one attached hydrogen (secondary N) is 1. The molecule has 1 N–H and O–H groups in total. The molecule has 1 saturated heterocycles. The van der Waals surface area contributed by atoms with E-state index < -0.39 is 9.84 Å². The summed E-state index contributed by atoms with van der Waals surface area (Å²) in [5, 5.41) is 3.58. The summed E-state index contributed by atoms with van der Waals surface area (Å²) in [6, 6.07) is 7.35. The maximum atomic E-state index is 11.5. The normalized spacial score (nSPS) is 23.9. The molecule has 1 aliphatic rings. The predicted octanol–water partition coefficient (Wildman–Crippen LogP) is 3.19. The van der Waals surface area contributed by atoms with E-state index in [-0.39, 0.29) is 6.04 Å². The molecule has 0 saturated carbocycles. The van der Waals surface area contributed by atoms with Gasteiger partial charge in [0.05, 0.1) is 11.0 Å². The Morgan fingerprint density at radius 3 is 2.43 bits per heavy atom. The lowest BCUT2D eigenvalue weighted by Crippen LogP contribution is -2.40. The van der Waals surface area contributed by atoms with E-state index in [4.69, 9.17) is 4.74 Å². The molecule has 1 aliphatic heterocycles. The van der Waals surface area contributed by atoms with Gasteiger partial charge in [-0.1, -0.05) is 26.0 Å². The number of ether oxygens (including phenoxy) is 1. The largest absolute Gasteiger partial charge is 0.378 e. The van der Waals surface area contributed by atoms with Crippen LogP contribution in [0.25, 0.3) is 0 Å². The molecule has 0 bridgehead atoms. The zero-order chi connectivity index (χ0) is 17.0. The average Bonchev–Trinajstić information content (AvgIpc) is 2.52. The van der Waals surface area contributed by atoms with Crippen molar-refractivity contribution >= 4 is 9.84 Å². The Morgan fingerprint density at radius 2 is 1.87 bits per heavy atom. The molecule has 1 fully saturated rings. The Hall–Kier alpha value is -0.910. The second kappa shape index (κ2) is 7.77. The van der Waals surface area contributed by atoms with Gasteiger partial charge >= 0.3 is 0 Å². The van der Waals surface area contributed by atoms with Gasteiger partial charge < -0.3 is 10.1 Å². The highest BCUT2D eigenvalue weighted by Gasteiger charge is 2.28. The molecule has 23 heavy (non-hydrogen) atoms. The van der Waals surface area contributed by atoms with Crippen LogP contribution in [0, 0.1) is 11.8 Å². The Morgan fingerprint density at radius 1 is 1.22 bits per heavy atom. The summed E-state index contributed by atoms with van der Waals surface area (Å²) in [7, 11) is -3.13. The third-order valence-electron chi connectivity index (χ3n) is 4.65. The third-order valence-corrected chi connectivity index (χ3v) is 5.77. The van der Waals surface area contributed by atoms with E-state index >= 15 is 0 Å². The van der Waals surface area contributed by atoms with Gasteiger partial charge in [0.25, 0.3) is 0 Å². The van der Waals surface area contributed by atoms with E-state index in [1.54, 1.807) is 12.1 Å². The second-order valence-corrected chi connectivity index (χ2v) is 8.97. The molecule has 0 amide bonds. The molecule has 1 aromatic carbocycles. The average molecular weight is 340 g/mol. The summed E-state index contributed by atoms with van der Waals surface area (Å²) in [6.07, 6.45) is 3.90. The van der Waals surface area contributed by atoms with Crippen molar-refractivity contribution in [2.45, 2.75) is 50.7 Å². The van der Waals surface area contributed by atoms with E-state index in [1.165, 1.54) is 12.7 Å². The lowest BCUT2D eigenvalue weighted by Gasteiger charge is -2.35. The van der Waals surface area contributed by atoms with Crippen molar-refractivity contribution in [3.63, 3.8) is 0 Å². The minimum Gasteiger partial charge on any atom is -0.378 e. The molecule has 5 heteroatoms. The first-order valence-corrected chi connectivity index (χ1v) is 10.3. The standard InChI is InChI=1S/C18H29NO3S/c1-13(2)18-16(6-5-11-22-18)12-19-14(3)15-7-9-17(10-8-15)23(4,20)21/h7-10,13-14,16,18-19H,5-6,11-12H2,1-4H3/t14-,16+,18+/m0/s1. The van der Waals surface area contributed by atoms with Crippen molar-refractivity contribution in [3.05, 3.63) is 29.8 Å². The first-order chi connectivity index (χ1) is 10.8. The number of benzene rings is 1. The smallest absolute Gasteiger partial charge is 0.175 e. The molecule has 0 aliphatic carbocycles. The summed E-state index contributed by atoms with van der Waals surface area (Å²) < 4.78 is 29.0. The Kier molecular flexibility index (Phi) is 6.23. The van der Waals surface area contributed by atoms with Crippen LogP contribution in [-0.4, -0.2) is 33.9 Å². The third kappa shape index (κ3) is 5.03. The van der Waals surface area contributed by atoms with E-state index in [0.717, 1.165) is 25.1 Å². The van der Waals surface area contributed by atoms with Crippen LogP contribution >= 0.6 is 0 Å². The minimum atomic E-state index is -3.13. The molecule has 0 spiro atoms. The van der Waals surface area contributed by atoms with Crippen LogP contribution in [0.2, 0.25) is 0 Å². The zero-order valence-electron chi connectivity index (χ0n) is 14.6. The molecule has 0 radical (unpaired) electrons. The first kappa shape index (κ1) is 18.4. The van der Waals surface area contributed by atoms with Crippen molar-refractivity contribution in [1.29, 1.82) is 0 Å². The fourth-order valence-corrected chi connectivity index (χ4v) is 3.90. The Bertz CT molecular complexity index is 595. The van der Waals surface area contributed by atoms with Crippen LogP contribution in [0.1, 0.15) is 45.2 Å². The van der Waals surface area contributed by atoms with Gasteiger partial charge in [0.15, 0.2) is 9.84 Å². The lowest BCUT2D eigenvalue weighted by molar-refractivity contribution is -0.0521. The van der Waals surface area contributed by atoms with E-state index in [9.17, 15) is 8.42 Å². The minimum absolute atomic E-state index is 0.193. The molecular weight excluding hydrogens is 310 g/mol. The summed E-state index contributed by atoms with van der Waals surface area (Å²) in [6.45, 7) is 8.36. The van der Waals surface area contributed by atoms with Gasteiger partial charge in [0.2, 0.25) is 0 Å². The van der Waals surface area contributed by atoms with Crippen LogP contribution in [0.5, 0.6) is 0 Å². The fourth-order valence-electron chi connectivity index (χ4n) is 3.27. The Balaban J connectivity index is 1.95. The zero-order valence-corrected chi connectivity index (χ0v) is 15.4. The van der Waals surface area contributed by atoms with Crippen LogP contribution in [0.4, 0.5) is 0 Å². The van der Waals surface area contributed by atoms with E-state index in [0.29, 0.717) is 22.8 Å². The first-order valence-electron chi connectivity index (χ1n) is 8.44. The van der Waals surface area contributed by atoms with Crippen LogP contribution in [-0.2, 0) is 14.6 Å². The number of rotatable bonds is 6. The number of sulfone groups is 1. The molecule has 0 aromatic heterocycles. The number of hydrogen-bond acceptors (Lipinski definition) is 4. The Labute approximate surface area is 140 Å². The van der Waals surface area contributed by atoms with Crippen molar-refractivity contribution in [2.75, 3.05) is 19.4 Å². The molecule has 130 valence electrons. The predicted molar refractivity (Wildman–Crippen MR) is 93.3 cm³/mol. The fraction of sp³-hybridized carbons (Fsp3) is 0.667. The number of hydrogen-bond donors (Lipinski definition) is 1. The van der Waals surface area contributed by atoms with Crippen LogP contribution in [0.3, 0.4) is 0 Å². The van der Waals surface area contributed by atoms with Crippen LogP contribution in [0.15, 0.2) is 29.2 Å². The van der Waals surface area contributed by atoms with Crippen molar-refractivity contribution in [3.8, 4) is 0 Å². The molecule has 1 aromatic rings.